The molecule has 0 aliphatic carbocycles. The van der Waals surface area contributed by atoms with Crippen LogP contribution in [0.2, 0.25) is 0 Å². The Hall–Kier alpha value is -0.330. The topological polar surface area (TPSA) is 93.7 Å². The van der Waals surface area contributed by atoms with Gasteiger partial charge in [0.2, 0.25) is 0 Å². The maximum Gasteiger partial charge on any atom is 0.423 e. The molecule has 130 valence electrons. The van der Waals surface area contributed by atoms with Gasteiger partial charge < -0.3 is 9.05 Å². The Morgan fingerprint density at radius 2 is 1.23 bits per heavy atom. The Morgan fingerprint density at radius 3 is 1.45 bits per heavy atom. The number of hydrogen-bond acceptors (Lipinski definition) is 7. The van der Waals surface area contributed by atoms with Gasteiger partial charge >= 0.3 is 20.2 Å². The molecule has 0 aromatic carbocycles. The molecule has 0 saturated carbocycles. The Labute approximate surface area is 141 Å². The number of rotatable bonds is 10. The summed E-state index contributed by atoms with van der Waals surface area (Å²) in [5.41, 5.74) is 0. The van der Waals surface area contributed by atoms with Crippen molar-refractivity contribution in [1.82, 2.24) is 9.67 Å². The van der Waals surface area contributed by atoms with Crippen LogP contribution < -0.4 is 9.67 Å². The monoisotopic (exact) mass is 376 g/mol. The molecule has 0 bridgehead atoms. The fourth-order valence-electron chi connectivity index (χ4n) is 1.64. The molecule has 0 aliphatic rings. The van der Waals surface area contributed by atoms with Gasteiger partial charge in [-0.3, -0.25) is 0 Å². The second-order valence-electron chi connectivity index (χ2n) is 5.67. The van der Waals surface area contributed by atoms with Gasteiger partial charge in [-0.2, -0.15) is 0 Å². The molecule has 0 amide bonds. The number of halogens is 2. The van der Waals surface area contributed by atoms with Crippen LogP contribution in [0.15, 0.2) is 0 Å². The molecule has 0 fully saturated rings. The smallest absolute Gasteiger partial charge is 0.384 e. The predicted molar refractivity (Wildman–Crippen MR) is 85.6 cm³/mol. The third-order valence-electron chi connectivity index (χ3n) is 2.61. The van der Waals surface area contributed by atoms with E-state index in [0.29, 0.717) is 12.8 Å². The summed E-state index contributed by atoms with van der Waals surface area (Å²) in [5, 5.41) is 0. The highest BCUT2D eigenvalue weighted by molar-refractivity contribution is 7.34. The third kappa shape index (κ3) is 8.96. The minimum atomic E-state index is -3.31. The van der Waals surface area contributed by atoms with Gasteiger partial charge in [0.25, 0.3) is 0 Å². The summed E-state index contributed by atoms with van der Waals surface area (Å²) in [6.07, 6.45) is 0.787. The predicted octanol–water partition coefficient (Wildman–Crippen LogP) is 2.78. The van der Waals surface area contributed by atoms with Crippen molar-refractivity contribution < 1.29 is 23.2 Å². The van der Waals surface area contributed by atoms with Crippen LogP contribution in [0, 0.1) is 11.8 Å². The molecule has 2 atom stereocenters. The SMILES string of the molecule is CC(C)C[C@H](NCl)C(=O)O[PH](=O)OC(=O)[C@H](CC(C)C)NCl. The summed E-state index contributed by atoms with van der Waals surface area (Å²) in [7, 11) is -3.31. The normalized spacial score (nSPS) is 14.2. The van der Waals surface area contributed by atoms with Gasteiger partial charge in [0.1, 0.15) is 12.1 Å². The van der Waals surface area contributed by atoms with Gasteiger partial charge in [0.15, 0.2) is 0 Å². The van der Waals surface area contributed by atoms with Crippen LogP contribution in [-0.2, 0) is 23.2 Å². The van der Waals surface area contributed by atoms with Gasteiger partial charge in [0, 0.05) is 0 Å². The van der Waals surface area contributed by atoms with Crippen molar-refractivity contribution in [3.63, 3.8) is 0 Å². The lowest BCUT2D eigenvalue weighted by Crippen LogP contribution is -2.34. The van der Waals surface area contributed by atoms with Crippen LogP contribution in [0.25, 0.3) is 0 Å². The molecular weight excluding hydrogens is 354 g/mol. The zero-order chi connectivity index (χ0) is 17.3. The molecule has 0 aromatic rings. The quantitative estimate of drug-likeness (QED) is 0.447. The van der Waals surface area contributed by atoms with E-state index in [1.807, 2.05) is 27.7 Å². The Bertz CT molecular complexity index is 362. The Morgan fingerprint density at radius 1 is 0.909 bits per heavy atom. The highest BCUT2D eigenvalue weighted by Crippen LogP contribution is 2.27. The van der Waals surface area contributed by atoms with Crippen molar-refractivity contribution in [2.75, 3.05) is 0 Å². The second-order valence-corrected chi connectivity index (χ2v) is 7.02. The molecule has 0 aromatic heterocycles. The van der Waals surface area contributed by atoms with Crippen LogP contribution in [0.3, 0.4) is 0 Å². The third-order valence-corrected chi connectivity index (χ3v) is 3.88. The first kappa shape index (κ1) is 21.7. The van der Waals surface area contributed by atoms with E-state index in [9.17, 15) is 14.2 Å². The summed E-state index contributed by atoms with van der Waals surface area (Å²) >= 11 is 10.9. The van der Waals surface area contributed by atoms with Crippen LogP contribution in [0.4, 0.5) is 0 Å². The van der Waals surface area contributed by atoms with Crippen LogP contribution in [-0.4, -0.2) is 24.0 Å². The number of nitrogens with one attached hydrogen (secondary N) is 2. The highest BCUT2D eigenvalue weighted by Gasteiger charge is 2.26. The van der Waals surface area contributed by atoms with Gasteiger partial charge in [-0.1, -0.05) is 27.7 Å². The lowest BCUT2D eigenvalue weighted by molar-refractivity contribution is -0.140. The van der Waals surface area contributed by atoms with E-state index in [4.69, 9.17) is 23.6 Å². The van der Waals surface area contributed by atoms with Crippen molar-refractivity contribution in [1.29, 1.82) is 0 Å². The van der Waals surface area contributed by atoms with E-state index in [2.05, 4.69) is 18.7 Å². The standard InChI is InChI=1S/C12H23Cl2N2O5P/c1-7(2)5-9(15-13)11(17)20-22(19)21-12(18)10(16-14)6-8(3)4/h7-10,15-16,22H,5-6H2,1-4H3/t9-,10-/m0/s1. The van der Waals surface area contributed by atoms with Crippen LogP contribution in [0.1, 0.15) is 40.5 Å². The molecule has 0 saturated heterocycles. The van der Waals surface area contributed by atoms with E-state index >= 15 is 0 Å². The van der Waals surface area contributed by atoms with Crippen molar-refractivity contribution in [3.8, 4) is 0 Å². The van der Waals surface area contributed by atoms with E-state index in [1.165, 1.54) is 0 Å². The van der Waals surface area contributed by atoms with Gasteiger partial charge in [-0.05, 0) is 48.2 Å². The fraction of sp³-hybridized carbons (Fsp3) is 0.833. The summed E-state index contributed by atoms with van der Waals surface area (Å²) in [6, 6.07) is -1.65. The minimum Gasteiger partial charge on any atom is -0.384 e. The zero-order valence-electron chi connectivity index (χ0n) is 13.0. The maximum atomic E-state index is 11.7. The summed E-state index contributed by atoms with van der Waals surface area (Å²) in [6.45, 7) is 7.56. The lowest BCUT2D eigenvalue weighted by atomic mass is 10.1. The summed E-state index contributed by atoms with van der Waals surface area (Å²) in [4.78, 5) is 28.0. The van der Waals surface area contributed by atoms with Gasteiger partial charge in [-0.25, -0.2) is 23.8 Å². The van der Waals surface area contributed by atoms with Crippen LogP contribution in [0.5, 0.6) is 0 Å². The van der Waals surface area contributed by atoms with Crippen molar-refractivity contribution in [2.24, 2.45) is 11.8 Å². The highest BCUT2D eigenvalue weighted by atomic mass is 35.5. The minimum absolute atomic E-state index is 0.171. The Kier molecular flexibility index (Phi) is 11.1. The zero-order valence-corrected chi connectivity index (χ0v) is 15.5. The van der Waals surface area contributed by atoms with E-state index in [-0.39, 0.29) is 11.8 Å². The number of carbonyl (C=O) groups excluding carboxylic acids is 2. The molecule has 0 rings (SSSR count). The molecule has 2 N–H and O–H groups in total. The van der Waals surface area contributed by atoms with E-state index in [0.717, 1.165) is 0 Å². The van der Waals surface area contributed by atoms with Crippen molar-refractivity contribution in [2.45, 2.75) is 52.6 Å². The molecule has 0 spiro atoms. The Balaban J connectivity index is 4.47. The largest absolute Gasteiger partial charge is 0.423 e. The van der Waals surface area contributed by atoms with Crippen LogP contribution >= 0.6 is 31.8 Å². The van der Waals surface area contributed by atoms with Crippen molar-refractivity contribution in [3.05, 3.63) is 0 Å². The second kappa shape index (κ2) is 11.2. The van der Waals surface area contributed by atoms with Gasteiger partial charge in [0.05, 0.1) is 0 Å². The fourth-order valence-corrected chi connectivity index (χ4v) is 2.65. The first-order valence-electron chi connectivity index (χ1n) is 6.90. The van der Waals surface area contributed by atoms with E-state index in [1.54, 1.807) is 0 Å². The number of carbonyl (C=O) groups is 2. The molecule has 0 heterocycles. The summed E-state index contributed by atoms with van der Waals surface area (Å²) in [5.74, 6) is -1.33. The average molecular weight is 377 g/mol. The number of hydrogen-bond donors (Lipinski definition) is 2. The van der Waals surface area contributed by atoms with Crippen molar-refractivity contribution >= 4 is 43.7 Å². The lowest BCUT2D eigenvalue weighted by Gasteiger charge is -2.17. The molecule has 7 nitrogen and oxygen atoms in total. The van der Waals surface area contributed by atoms with E-state index < -0.39 is 32.3 Å². The molecule has 0 radical (unpaired) electrons. The molecule has 0 aliphatic heterocycles. The molecule has 10 heteroatoms. The summed E-state index contributed by atoms with van der Waals surface area (Å²) < 4.78 is 20.9. The molecular formula is C12H23Cl2N2O5P. The first-order chi connectivity index (χ1) is 10.2. The maximum absolute atomic E-state index is 11.7. The average Bonchev–Trinajstić information content (AvgIpc) is 2.40. The van der Waals surface area contributed by atoms with Gasteiger partial charge in [-0.15, -0.1) is 0 Å². The molecule has 22 heavy (non-hydrogen) atoms. The first-order valence-corrected chi connectivity index (χ1v) is 8.88. The molecule has 0 unspecified atom stereocenters.